The Morgan fingerprint density at radius 2 is 2.27 bits per heavy atom. The van der Waals surface area contributed by atoms with Crippen molar-refractivity contribution in [3.05, 3.63) is 0 Å². The van der Waals surface area contributed by atoms with Gasteiger partial charge in [0.2, 0.25) is 0 Å². The van der Waals surface area contributed by atoms with Crippen LogP contribution < -0.4 is 0 Å². The van der Waals surface area contributed by atoms with Gasteiger partial charge in [0, 0.05) is 20.0 Å². The van der Waals surface area contributed by atoms with Crippen molar-refractivity contribution < 1.29 is 24.2 Å². The number of carbonyl (C=O) groups excluding carboxylic acids is 1. The summed E-state index contributed by atoms with van der Waals surface area (Å²) in [4.78, 5) is 21.2. The highest BCUT2D eigenvalue weighted by Crippen LogP contribution is 2.30. The van der Waals surface area contributed by atoms with Gasteiger partial charge in [-0.15, -0.1) is 0 Å². The van der Waals surface area contributed by atoms with Crippen LogP contribution in [0.4, 0.5) is 0 Å². The summed E-state index contributed by atoms with van der Waals surface area (Å²) in [7, 11) is 0. The number of hydrogen-bond acceptors (Lipinski definition) is 4. The molecule has 0 amide bonds. The Labute approximate surface area is 88.4 Å². The van der Waals surface area contributed by atoms with Crippen LogP contribution in [-0.4, -0.2) is 35.9 Å². The average molecular weight is 216 g/mol. The Morgan fingerprint density at radius 1 is 1.53 bits per heavy atom. The molecule has 1 N–H and O–H groups in total. The van der Waals surface area contributed by atoms with Gasteiger partial charge in [0.1, 0.15) is 12.2 Å². The molecule has 0 saturated carbocycles. The Kier molecular flexibility index (Phi) is 4.08. The summed E-state index contributed by atoms with van der Waals surface area (Å²) in [5.41, 5.74) is -0.565. The van der Waals surface area contributed by atoms with Crippen LogP contribution in [0.3, 0.4) is 0 Å². The van der Waals surface area contributed by atoms with E-state index in [2.05, 4.69) is 0 Å². The van der Waals surface area contributed by atoms with Crippen LogP contribution in [0.25, 0.3) is 0 Å². The number of rotatable bonds is 5. The first-order chi connectivity index (χ1) is 7.04. The Bertz CT molecular complexity index is 222. The summed E-state index contributed by atoms with van der Waals surface area (Å²) in [6.07, 6.45) is 2.09. The molecule has 5 heteroatoms. The van der Waals surface area contributed by atoms with E-state index in [0.29, 0.717) is 13.0 Å². The number of carboxylic acid groups (broad SMARTS) is 1. The highest BCUT2D eigenvalue weighted by molar-refractivity contribution is 5.67. The van der Waals surface area contributed by atoms with Crippen molar-refractivity contribution in [3.63, 3.8) is 0 Å². The summed E-state index contributed by atoms with van der Waals surface area (Å²) < 4.78 is 10.4. The number of ether oxygens (including phenoxy) is 2. The predicted octanol–water partition coefficient (Wildman–Crippen LogP) is 0.963. The average Bonchev–Trinajstić information content (AvgIpc) is 2.61. The first-order valence-electron chi connectivity index (χ1n) is 5.03. The van der Waals surface area contributed by atoms with Crippen LogP contribution in [0.5, 0.6) is 0 Å². The fraction of sp³-hybridized carbons (Fsp3) is 0.800. The minimum atomic E-state index is -0.854. The molecule has 0 aliphatic carbocycles. The van der Waals surface area contributed by atoms with Crippen LogP contribution >= 0.6 is 0 Å². The molecule has 0 radical (unpaired) electrons. The van der Waals surface area contributed by atoms with Crippen LogP contribution in [0.15, 0.2) is 0 Å². The summed E-state index contributed by atoms with van der Waals surface area (Å²) in [5.74, 6) is -1.21. The molecule has 0 aromatic carbocycles. The van der Waals surface area contributed by atoms with E-state index < -0.39 is 11.6 Å². The smallest absolute Gasteiger partial charge is 0.303 e. The zero-order valence-corrected chi connectivity index (χ0v) is 8.82. The monoisotopic (exact) mass is 216 g/mol. The Hall–Kier alpha value is -1.10. The molecule has 0 spiro atoms. The second kappa shape index (κ2) is 5.11. The minimum Gasteiger partial charge on any atom is -0.481 e. The van der Waals surface area contributed by atoms with E-state index in [1.54, 1.807) is 0 Å². The third-order valence-corrected chi connectivity index (χ3v) is 2.52. The lowest BCUT2D eigenvalue weighted by Crippen LogP contribution is -2.35. The van der Waals surface area contributed by atoms with Crippen LogP contribution in [0.1, 0.15) is 32.6 Å². The maximum atomic E-state index is 10.7. The zero-order valence-electron chi connectivity index (χ0n) is 8.82. The fourth-order valence-electron chi connectivity index (χ4n) is 1.71. The van der Waals surface area contributed by atoms with Gasteiger partial charge in [0.15, 0.2) is 0 Å². The number of esters is 1. The van der Waals surface area contributed by atoms with Gasteiger partial charge in [-0.05, 0) is 19.3 Å². The van der Waals surface area contributed by atoms with Crippen LogP contribution in [-0.2, 0) is 19.1 Å². The van der Waals surface area contributed by atoms with E-state index in [1.807, 2.05) is 0 Å². The van der Waals surface area contributed by atoms with Gasteiger partial charge in [-0.25, -0.2) is 0 Å². The maximum absolute atomic E-state index is 10.7. The highest BCUT2D eigenvalue weighted by Gasteiger charge is 2.36. The van der Waals surface area contributed by atoms with Gasteiger partial charge in [0.25, 0.3) is 0 Å². The van der Waals surface area contributed by atoms with Gasteiger partial charge in [-0.1, -0.05) is 0 Å². The molecule has 1 unspecified atom stereocenters. The Morgan fingerprint density at radius 3 is 2.73 bits per heavy atom. The molecule has 15 heavy (non-hydrogen) atoms. The van der Waals surface area contributed by atoms with Crippen LogP contribution in [0, 0.1) is 0 Å². The first kappa shape index (κ1) is 12.0. The van der Waals surface area contributed by atoms with Gasteiger partial charge < -0.3 is 14.6 Å². The predicted molar refractivity (Wildman–Crippen MR) is 51.4 cm³/mol. The molecule has 1 fully saturated rings. The van der Waals surface area contributed by atoms with Crippen molar-refractivity contribution >= 4 is 11.9 Å². The molecule has 0 aromatic heterocycles. The summed E-state index contributed by atoms with van der Waals surface area (Å²) in [6.45, 7) is 2.11. The molecule has 1 aliphatic rings. The number of carboxylic acids is 1. The van der Waals surface area contributed by atoms with E-state index in [4.69, 9.17) is 14.6 Å². The lowest BCUT2D eigenvalue weighted by Gasteiger charge is -2.26. The normalized spacial score (nSPS) is 25.1. The lowest BCUT2D eigenvalue weighted by molar-refractivity contribution is -0.151. The minimum absolute atomic E-state index is 0.0429. The standard InChI is InChI=1S/C10H16O5/c1-8(11)14-7-10(4-2-6-15-10)5-3-9(12)13/h2-7H2,1H3,(H,12,13). The number of carbonyl (C=O) groups is 2. The van der Waals surface area contributed by atoms with Gasteiger partial charge >= 0.3 is 11.9 Å². The van der Waals surface area contributed by atoms with E-state index >= 15 is 0 Å². The third-order valence-electron chi connectivity index (χ3n) is 2.52. The highest BCUT2D eigenvalue weighted by atomic mass is 16.6. The van der Waals surface area contributed by atoms with Crippen molar-refractivity contribution in [1.29, 1.82) is 0 Å². The van der Waals surface area contributed by atoms with E-state index in [1.165, 1.54) is 6.92 Å². The number of aliphatic carboxylic acids is 1. The molecule has 0 aromatic rings. The molecule has 1 aliphatic heterocycles. The van der Waals surface area contributed by atoms with Crippen molar-refractivity contribution in [2.75, 3.05) is 13.2 Å². The van der Waals surface area contributed by atoms with Crippen molar-refractivity contribution in [2.24, 2.45) is 0 Å². The second-order valence-corrected chi connectivity index (χ2v) is 3.81. The maximum Gasteiger partial charge on any atom is 0.303 e. The van der Waals surface area contributed by atoms with E-state index in [0.717, 1.165) is 12.8 Å². The zero-order chi connectivity index (χ0) is 11.3. The van der Waals surface area contributed by atoms with Gasteiger partial charge in [0.05, 0.1) is 0 Å². The summed E-state index contributed by atoms with van der Waals surface area (Å²) in [5, 5.41) is 8.60. The molecule has 5 nitrogen and oxygen atoms in total. The van der Waals surface area contributed by atoms with Gasteiger partial charge in [-0.2, -0.15) is 0 Å². The fourth-order valence-corrected chi connectivity index (χ4v) is 1.71. The lowest BCUT2D eigenvalue weighted by atomic mass is 9.95. The van der Waals surface area contributed by atoms with Gasteiger partial charge in [-0.3, -0.25) is 9.59 Å². The van der Waals surface area contributed by atoms with Crippen molar-refractivity contribution in [2.45, 2.75) is 38.2 Å². The largest absolute Gasteiger partial charge is 0.481 e. The second-order valence-electron chi connectivity index (χ2n) is 3.81. The number of hydrogen-bond donors (Lipinski definition) is 1. The molecular formula is C10H16O5. The van der Waals surface area contributed by atoms with Crippen molar-refractivity contribution in [1.82, 2.24) is 0 Å². The molecule has 1 rings (SSSR count). The molecular weight excluding hydrogens is 200 g/mol. The van der Waals surface area contributed by atoms with Crippen molar-refractivity contribution in [3.8, 4) is 0 Å². The molecule has 1 heterocycles. The summed E-state index contributed by atoms with van der Waals surface area (Å²) in [6, 6.07) is 0. The van der Waals surface area contributed by atoms with E-state index in [-0.39, 0.29) is 19.0 Å². The SMILES string of the molecule is CC(=O)OCC1(CCC(=O)O)CCCO1. The van der Waals surface area contributed by atoms with E-state index in [9.17, 15) is 9.59 Å². The Balaban J connectivity index is 2.46. The summed E-state index contributed by atoms with van der Waals surface area (Å²) >= 11 is 0. The molecule has 0 bridgehead atoms. The third kappa shape index (κ3) is 3.87. The quantitative estimate of drug-likeness (QED) is 0.693. The molecule has 86 valence electrons. The molecule has 1 saturated heterocycles. The molecule has 1 atom stereocenters. The van der Waals surface area contributed by atoms with Crippen LogP contribution in [0.2, 0.25) is 0 Å². The topological polar surface area (TPSA) is 72.8 Å². The first-order valence-corrected chi connectivity index (χ1v) is 5.03.